The molecule has 2 fully saturated rings. The number of carbonyl (C=O) groups is 4. The Bertz CT molecular complexity index is 2200. The number of cyclic esters (lactones) is 1. The molecular weight excluding hydrogens is 765 g/mol. The monoisotopic (exact) mass is 824 g/mol. The van der Waals surface area contributed by atoms with Crippen LogP contribution in [0.4, 0.5) is 0 Å². The number of nitrogens with one attached hydrogen (secondary N) is 3. The number of thiazole rings is 1. The predicted octanol–water partition coefficient (Wildman–Crippen LogP) is 5.71. The van der Waals surface area contributed by atoms with E-state index < -0.39 is 35.4 Å². The molecule has 0 aliphatic carbocycles. The van der Waals surface area contributed by atoms with Gasteiger partial charge in [-0.1, -0.05) is 47.6 Å². The second-order valence-corrected chi connectivity index (χ2v) is 18.8. The zero-order chi connectivity index (χ0) is 42.2. The van der Waals surface area contributed by atoms with Crippen molar-refractivity contribution in [3.8, 4) is 22.5 Å². The van der Waals surface area contributed by atoms with Gasteiger partial charge in [0, 0.05) is 72.1 Å². The summed E-state index contributed by atoms with van der Waals surface area (Å²) in [5, 5.41) is 11.5. The lowest BCUT2D eigenvalue weighted by Crippen LogP contribution is -2.62. The Balaban J connectivity index is 1.30. The Morgan fingerprint density at radius 3 is 2.64 bits per heavy atom. The quantitative estimate of drug-likeness (QED) is 0.190. The van der Waals surface area contributed by atoms with Crippen LogP contribution in [0.15, 0.2) is 41.9 Å². The maximum Gasteiger partial charge on any atom is 0.324 e. The van der Waals surface area contributed by atoms with Gasteiger partial charge in [-0.05, 0) is 80.8 Å². The van der Waals surface area contributed by atoms with Crippen LogP contribution in [0.5, 0.6) is 0 Å². The fraction of sp³-hybridized carbons (Fsp3) is 0.556. The Kier molecular flexibility index (Phi) is 12.6. The summed E-state index contributed by atoms with van der Waals surface area (Å²) in [4.78, 5) is 67.5. The maximum absolute atomic E-state index is 14.5. The average molecular weight is 825 g/mol. The molecule has 6 heterocycles. The zero-order valence-electron chi connectivity index (χ0n) is 35.8. The summed E-state index contributed by atoms with van der Waals surface area (Å²) in [5.74, 6) is -1.50. The number of pyridine rings is 1. The van der Waals surface area contributed by atoms with Crippen LogP contribution < -0.4 is 16.1 Å². The number of benzene rings is 1. The molecule has 2 saturated heterocycles. The summed E-state index contributed by atoms with van der Waals surface area (Å²) in [6.07, 6.45) is 4.42. The van der Waals surface area contributed by atoms with Crippen LogP contribution in [0.1, 0.15) is 89.9 Å². The molecule has 13 nitrogen and oxygen atoms in total. The number of likely N-dealkylation sites (N-methyl/N-ethyl adjacent to an activating group) is 1. The fourth-order valence-corrected chi connectivity index (χ4v) is 9.91. The summed E-state index contributed by atoms with van der Waals surface area (Å²) in [6.45, 7) is 17.2. The second-order valence-electron chi connectivity index (χ2n) is 17.9. The molecular formula is C45H60N8O5S. The van der Waals surface area contributed by atoms with E-state index in [-0.39, 0.29) is 42.6 Å². The van der Waals surface area contributed by atoms with E-state index >= 15 is 0 Å². The van der Waals surface area contributed by atoms with Crippen molar-refractivity contribution in [2.75, 3.05) is 33.3 Å². The topological polar surface area (TPSA) is 151 Å². The van der Waals surface area contributed by atoms with Crippen LogP contribution in [0.25, 0.3) is 33.4 Å². The lowest BCUT2D eigenvalue weighted by Gasteiger charge is -2.36. The van der Waals surface area contributed by atoms with E-state index in [1.54, 1.807) is 7.05 Å². The summed E-state index contributed by atoms with van der Waals surface area (Å²) < 4.78 is 8.47. The standard InChI is InChI=1S/C45H60N8O5S/c1-9-52-36-15-14-28-20-31(36)32(40(52)30-12-10-17-47-38(30)26(2)3)22-45(6,7)25-58-44(57)33-13-11-19-53(50-33)43(56)34(21-37-48-35(28)24-59-37)49-41(54)39(27(4)5)51(8)42(55)29-16-18-46-23-29/h10,12,14-15,17,20,24,26-27,29,33-34,39,46,50H,9,11,13,16,18-19,21-23,25H2,1-8H3,(H,49,54)/t29-,33+,34+,39+/m1/s1. The molecule has 1 aromatic carbocycles. The molecule has 3 N–H and O–H groups in total. The summed E-state index contributed by atoms with van der Waals surface area (Å²) in [6, 6.07) is 8.09. The van der Waals surface area contributed by atoms with Gasteiger partial charge in [0.25, 0.3) is 5.91 Å². The number of ether oxygens (including phenoxy) is 1. The molecule has 59 heavy (non-hydrogen) atoms. The number of hydrazine groups is 1. The molecule has 4 atom stereocenters. The lowest BCUT2D eigenvalue weighted by molar-refractivity contribution is -0.155. The highest BCUT2D eigenvalue weighted by Crippen LogP contribution is 2.42. The van der Waals surface area contributed by atoms with Gasteiger partial charge in [0.05, 0.1) is 34.6 Å². The first-order valence-electron chi connectivity index (χ1n) is 21.2. The van der Waals surface area contributed by atoms with Gasteiger partial charge < -0.3 is 24.8 Å². The fourth-order valence-electron chi connectivity index (χ4n) is 9.06. The third-order valence-electron chi connectivity index (χ3n) is 12.0. The molecule has 3 amide bonds. The molecule has 316 valence electrons. The number of amides is 3. The molecule has 3 aliphatic heterocycles. The summed E-state index contributed by atoms with van der Waals surface area (Å²) in [7, 11) is 1.67. The highest BCUT2D eigenvalue weighted by atomic mass is 32.1. The van der Waals surface area contributed by atoms with E-state index in [4.69, 9.17) is 14.7 Å². The highest BCUT2D eigenvalue weighted by Gasteiger charge is 2.39. The summed E-state index contributed by atoms with van der Waals surface area (Å²) >= 11 is 1.44. The van der Waals surface area contributed by atoms with Crippen molar-refractivity contribution in [2.45, 2.75) is 111 Å². The van der Waals surface area contributed by atoms with Gasteiger partial charge in [-0.25, -0.2) is 10.4 Å². The van der Waals surface area contributed by atoms with E-state index in [2.05, 4.69) is 79.5 Å². The van der Waals surface area contributed by atoms with E-state index in [9.17, 15) is 19.2 Å². The van der Waals surface area contributed by atoms with Gasteiger partial charge in [-0.2, -0.15) is 0 Å². The number of nitrogens with zero attached hydrogens (tertiary/aromatic N) is 5. The van der Waals surface area contributed by atoms with E-state index in [1.165, 1.54) is 26.8 Å². The van der Waals surface area contributed by atoms with Gasteiger partial charge in [-0.15, -0.1) is 11.3 Å². The zero-order valence-corrected chi connectivity index (χ0v) is 36.6. The normalized spacial score (nSPS) is 21.7. The first kappa shape index (κ1) is 42.5. The van der Waals surface area contributed by atoms with Crippen LogP contribution in [-0.4, -0.2) is 99.5 Å². The second kappa shape index (κ2) is 17.5. The molecule has 14 heteroatoms. The van der Waals surface area contributed by atoms with Crippen molar-refractivity contribution in [3.05, 3.63) is 58.2 Å². The van der Waals surface area contributed by atoms with Crippen LogP contribution in [-0.2, 0) is 43.3 Å². The molecule has 4 aromatic rings. The number of aryl methyl sites for hydroxylation is 1. The van der Waals surface area contributed by atoms with E-state index in [0.717, 1.165) is 52.2 Å². The van der Waals surface area contributed by atoms with Gasteiger partial charge >= 0.3 is 5.97 Å². The van der Waals surface area contributed by atoms with Crippen LogP contribution >= 0.6 is 11.3 Å². The third-order valence-corrected chi connectivity index (χ3v) is 12.9. The van der Waals surface area contributed by atoms with Gasteiger partial charge in [0.2, 0.25) is 11.8 Å². The number of aromatic nitrogens is 3. The van der Waals surface area contributed by atoms with Crippen LogP contribution in [0.2, 0.25) is 0 Å². The summed E-state index contributed by atoms with van der Waals surface area (Å²) in [5.41, 5.74) is 9.94. The largest absolute Gasteiger partial charge is 0.464 e. The number of rotatable bonds is 8. The lowest BCUT2D eigenvalue weighted by atomic mass is 9.84. The van der Waals surface area contributed by atoms with Crippen LogP contribution in [0.3, 0.4) is 0 Å². The Hall–Kier alpha value is -4.66. The maximum atomic E-state index is 14.5. The minimum atomic E-state index is -1.01. The van der Waals surface area contributed by atoms with Crippen molar-refractivity contribution in [1.82, 2.24) is 40.5 Å². The number of carbonyl (C=O) groups excluding carboxylic acids is 4. The molecule has 0 spiro atoms. The Labute approximate surface area is 351 Å². The van der Waals surface area contributed by atoms with Gasteiger partial charge in [0.1, 0.15) is 18.1 Å². The van der Waals surface area contributed by atoms with Crippen molar-refractivity contribution in [1.29, 1.82) is 0 Å². The Morgan fingerprint density at radius 2 is 1.93 bits per heavy atom. The minimum absolute atomic E-state index is 0.0889. The first-order chi connectivity index (χ1) is 28.2. The minimum Gasteiger partial charge on any atom is -0.464 e. The SMILES string of the molecule is CCn1c(-c2cccnc2C(C)C)c2c3cc(ccc31)-c1csc(n1)C[C@H](NC(=O)[C@H](C(C)C)N(C)C(=O)[C@@H]1CCNC1)C(=O)N1CCC[C@H](N1)C(=O)OCC(C)(C)C2. The molecule has 0 unspecified atom stereocenters. The number of hydrogen-bond donors (Lipinski definition) is 3. The number of hydrogen-bond acceptors (Lipinski definition) is 10. The van der Waals surface area contributed by atoms with E-state index in [1.807, 2.05) is 31.5 Å². The molecule has 0 saturated carbocycles. The molecule has 7 rings (SSSR count). The van der Waals surface area contributed by atoms with Crippen molar-refractivity contribution in [3.63, 3.8) is 0 Å². The third kappa shape index (κ3) is 8.81. The molecule has 3 aromatic heterocycles. The van der Waals surface area contributed by atoms with Crippen molar-refractivity contribution < 1.29 is 23.9 Å². The average Bonchev–Trinajstić information content (AvgIpc) is 3.99. The van der Waals surface area contributed by atoms with Crippen LogP contribution in [0, 0.1) is 17.3 Å². The highest BCUT2D eigenvalue weighted by molar-refractivity contribution is 7.10. The molecule has 0 radical (unpaired) electrons. The smallest absolute Gasteiger partial charge is 0.324 e. The van der Waals surface area contributed by atoms with Crippen molar-refractivity contribution >= 4 is 45.9 Å². The number of esters is 1. The van der Waals surface area contributed by atoms with E-state index in [0.29, 0.717) is 43.8 Å². The number of fused-ring (bicyclic) bond motifs is 6. The Morgan fingerprint density at radius 1 is 1.14 bits per heavy atom. The molecule has 6 bridgehead atoms. The first-order valence-corrected chi connectivity index (χ1v) is 22.1. The van der Waals surface area contributed by atoms with Crippen molar-refractivity contribution in [2.24, 2.45) is 17.3 Å². The molecule has 3 aliphatic rings. The van der Waals surface area contributed by atoms with Gasteiger partial charge in [-0.3, -0.25) is 29.2 Å². The van der Waals surface area contributed by atoms with Gasteiger partial charge in [0.15, 0.2) is 0 Å². The predicted molar refractivity (Wildman–Crippen MR) is 230 cm³/mol.